The van der Waals surface area contributed by atoms with E-state index in [1.165, 1.54) is 48.8 Å². The Morgan fingerprint density at radius 1 is 1.00 bits per heavy atom. The van der Waals surface area contributed by atoms with Gasteiger partial charge < -0.3 is 20.0 Å². The number of nitrogen functional groups attached to an aromatic ring is 1. The molecular formula is C23H26N4O3S. The first-order valence-electron chi connectivity index (χ1n) is 10.9. The number of carbonyl (C=O) groups is 2. The van der Waals surface area contributed by atoms with Gasteiger partial charge in [-0.15, -0.1) is 11.3 Å². The third-order valence-corrected chi connectivity index (χ3v) is 7.38. The molecule has 1 fully saturated rings. The number of piperazine rings is 1. The molecule has 0 saturated carbocycles. The first kappa shape index (κ1) is 20.1. The Labute approximate surface area is 184 Å². The van der Waals surface area contributed by atoms with Crippen LogP contribution in [0.2, 0.25) is 0 Å². The Bertz CT molecular complexity index is 1110. The van der Waals surface area contributed by atoms with E-state index in [4.69, 9.17) is 15.1 Å². The molecule has 3 aromatic rings. The van der Waals surface area contributed by atoms with Crippen LogP contribution >= 0.6 is 11.3 Å². The zero-order chi connectivity index (χ0) is 21.4. The largest absolute Gasteiger partial charge is 0.459 e. The van der Waals surface area contributed by atoms with Crippen molar-refractivity contribution in [2.45, 2.75) is 38.5 Å². The van der Waals surface area contributed by atoms with Crippen molar-refractivity contribution in [3.8, 4) is 0 Å². The van der Waals surface area contributed by atoms with Gasteiger partial charge in [0.25, 0.3) is 11.8 Å². The number of nitrogens with two attached hydrogens (primary N) is 1. The molecule has 0 atom stereocenters. The summed E-state index contributed by atoms with van der Waals surface area (Å²) < 4.78 is 5.21. The van der Waals surface area contributed by atoms with Crippen LogP contribution in [0.5, 0.6) is 0 Å². The number of amides is 2. The van der Waals surface area contributed by atoms with Crippen molar-refractivity contribution >= 4 is 39.1 Å². The van der Waals surface area contributed by atoms with Crippen LogP contribution in [0.3, 0.4) is 0 Å². The Balaban J connectivity index is 1.34. The van der Waals surface area contributed by atoms with E-state index in [9.17, 15) is 9.59 Å². The summed E-state index contributed by atoms with van der Waals surface area (Å²) in [4.78, 5) is 35.5. The van der Waals surface area contributed by atoms with Crippen LogP contribution in [-0.2, 0) is 12.8 Å². The molecule has 1 aliphatic heterocycles. The third kappa shape index (κ3) is 3.80. The van der Waals surface area contributed by atoms with E-state index in [-0.39, 0.29) is 11.8 Å². The molecule has 2 amide bonds. The number of aryl methyl sites for hydroxylation is 2. The molecule has 162 valence electrons. The third-order valence-electron chi connectivity index (χ3n) is 6.28. The van der Waals surface area contributed by atoms with Gasteiger partial charge in [0, 0.05) is 37.3 Å². The van der Waals surface area contributed by atoms with Crippen LogP contribution in [0.15, 0.2) is 28.9 Å². The van der Waals surface area contributed by atoms with E-state index < -0.39 is 0 Å². The number of hydrogen-bond donors (Lipinski definition) is 1. The zero-order valence-electron chi connectivity index (χ0n) is 17.4. The number of carbonyl (C=O) groups excluding carboxylic acids is 2. The van der Waals surface area contributed by atoms with Gasteiger partial charge in [0.15, 0.2) is 5.76 Å². The van der Waals surface area contributed by atoms with Crippen LogP contribution in [-0.4, -0.2) is 52.8 Å². The van der Waals surface area contributed by atoms with Crippen LogP contribution in [0.25, 0.3) is 10.2 Å². The van der Waals surface area contributed by atoms with Gasteiger partial charge in [-0.2, -0.15) is 0 Å². The molecule has 0 aromatic carbocycles. The quantitative estimate of drug-likeness (QED) is 0.658. The summed E-state index contributed by atoms with van der Waals surface area (Å²) >= 11 is 1.39. The predicted molar refractivity (Wildman–Crippen MR) is 120 cm³/mol. The summed E-state index contributed by atoms with van der Waals surface area (Å²) in [5.41, 5.74) is 9.42. The Morgan fingerprint density at radius 2 is 1.71 bits per heavy atom. The molecular weight excluding hydrogens is 412 g/mol. The van der Waals surface area contributed by atoms with Crippen LogP contribution in [0, 0.1) is 0 Å². The number of nitrogens with zero attached hydrogens (tertiary/aromatic N) is 3. The van der Waals surface area contributed by atoms with Crippen LogP contribution in [0.1, 0.15) is 57.2 Å². The van der Waals surface area contributed by atoms with Gasteiger partial charge in [0.1, 0.15) is 9.71 Å². The van der Waals surface area contributed by atoms with Crippen molar-refractivity contribution in [1.82, 2.24) is 14.8 Å². The van der Waals surface area contributed by atoms with E-state index in [0.717, 1.165) is 28.8 Å². The van der Waals surface area contributed by atoms with E-state index in [0.29, 0.717) is 42.5 Å². The molecule has 0 radical (unpaired) electrons. The second kappa shape index (κ2) is 8.34. The van der Waals surface area contributed by atoms with Gasteiger partial charge >= 0.3 is 0 Å². The van der Waals surface area contributed by atoms with E-state index in [1.807, 2.05) is 0 Å². The normalized spacial score (nSPS) is 17.3. The Morgan fingerprint density at radius 3 is 2.42 bits per heavy atom. The maximum Gasteiger partial charge on any atom is 0.289 e. The number of anilines is 1. The lowest BCUT2D eigenvalue weighted by Gasteiger charge is -2.34. The molecule has 0 bridgehead atoms. The highest BCUT2D eigenvalue weighted by Gasteiger charge is 2.29. The second-order valence-electron chi connectivity index (χ2n) is 8.27. The number of thiophene rings is 1. The molecule has 0 unspecified atom stereocenters. The first-order valence-corrected chi connectivity index (χ1v) is 11.8. The molecule has 3 aromatic heterocycles. The SMILES string of the molecule is Nc1c(C(=O)N2CCN(C(=O)c3ccco3)CC2)sc2nc3c(cc12)CCCCCC3. The van der Waals surface area contributed by atoms with Gasteiger partial charge in [-0.05, 0) is 49.4 Å². The fourth-order valence-corrected chi connectivity index (χ4v) is 5.55. The number of pyridine rings is 1. The standard InChI is InChI=1S/C23H26N4O3S/c24-19-16-14-15-6-3-1-2-4-7-17(15)25-21(16)31-20(19)23(29)27-11-9-26(10-12-27)22(28)18-8-5-13-30-18/h5,8,13-14H,1-4,6-7,9-12,24H2. The maximum absolute atomic E-state index is 13.2. The summed E-state index contributed by atoms with van der Waals surface area (Å²) in [5.74, 6) is 0.119. The summed E-state index contributed by atoms with van der Waals surface area (Å²) in [7, 11) is 0. The van der Waals surface area contributed by atoms with Gasteiger partial charge in [-0.3, -0.25) is 9.59 Å². The highest BCUT2D eigenvalue weighted by Crippen LogP contribution is 2.36. The van der Waals surface area contributed by atoms with Crippen molar-refractivity contribution in [3.63, 3.8) is 0 Å². The molecule has 1 aliphatic carbocycles. The fraction of sp³-hybridized carbons (Fsp3) is 0.435. The lowest BCUT2D eigenvalue weighted by Crippen LogP contribution is -2.50. The highest BCUT2D eigenvalue weighted by atomic mass is 32.1. The average molecular weight is 439 g/mol. The molecule has 7 nitrogen and oxygen atoms in total. The maximum atomic E-state index is 13.2. The topological polar surface area (TPSA) is 92.7 Å². The number of fused-ring (bicyclic) bond motifs is 2. The van der Waals surface area contributed by atoms with Crippen molar-refractivity contribution in [2.75, 3.05) is 31.9 Å². The van der Waals surface area contributed by atoms with E-state index >= 15 is 0 Å². The lowest BCUT2D eigenvalue weighted by atomic mass is 9.96. The van der Waals surface area contributed by atoms with Crippen LogP contribution < -0.4 is 5.73 Å². The van der Waals surface area contributed by atoms with Gasteiger partial charge in [-0.25, -0.2) is 4.98 Å². The molecule has 5 rings (SSSR count). The minimum Gasteiger partial charge on any atom is -0.459 e. The lowest BCUT2D eigenvalue weighted by molar-refractivity contribution is 0.0521. The molecule has 31 heavy (non-hydrogen) atoms. The summed E-state index contributed by atoms with van der Waals surface area (Å²) in [5, 5.41) is 0.902. The van der Waals surface area contributed by atoms with E-state index in [2.05, 4.69) is 6.07 Å². The number of hydrogen-bond acceptors (Lipinski definition) is 6. The van der Waals surface area contributed by atoms with Crippen molar-refractivity contribution in [3.05, 3.63) is 46.4 Å². The number of rotatable bonds is 2. The molecule has 2 N–H and O–H groups in total. The van der Waals surface area contributed by atoms with Crippen LogP contribution in [0.4, 0.5) is 5.69 Å². The second-order valence-corrected chi connectivity index (χ2v) is 9.27. The van der Waals surface area contributed by atoms with Gasteiger partial charge in [-0.1, -0.05) is 12.8 Å². The minimum absolute atomic E-state index is 0.0713. The first-order chi connectivity index (χ1) is 15.1. The predicted octanol–water partition coefficient (Wildman–Crippen LogP) is 3.73. The van der Waals surface area contributed by atoms with Crippen molar-refractivity contribution in [2.24, 2.45) is 0 Å². The fourth-order valence-electron chi connectivity index (χ4n) is 4.48. The van der Waals surface area contributed by atoms with Gasteiger partial charge in [0.05, 0.1) is 12.0 Å². The molecule has 1 saturated heterocycles. The average Bonchev–Trinajstić information content (AvgIpc) is 3.41. The van der Waals surface area contributed by atoms with Crippen molar-refractivity contribution in [1.29, 1.82) is 0 Å². The summed E-state index contributed by atoms with van der Waals surface area (Å²) in [6, 6.07) is 5.52. The summed E-state index contributed by atoms with van der Waals surface area (Å²) in [6.45, 7) is 1.90. The van der Waals surface area contributed by atoms with Crippen molar-refractivity contribution < 1.29 is 14.0 Å². The smallest absolute Gasteiger partial charge is 0.289 e. The molecule has 0 spiro atoms. The zero-order valence-corrected chi connectivity index (χ0v) is 18.2. The number of aromatic nitrogens is 1. The summed E-state index contributed by atoms with van der Waals surface area (Å²) in [6.07, 6.45) is 8.38. The van der Waals surface area contributed by atoms with E-state index in [1.54, 1.807) is 21.9 Å². The minimum atomic E-state index is -0.139. The Hall–Kier alpha value is -2.87. The monoisotopic (exact) mass is 438 g/mol. The number of furan rings is 1. The molecule has 8 heteroatoms. The Kier molecular flexibility index (Phi) is 5.40. The van der Waals surface area contributed by atoms with Gasteiger partial charge in [0.2, 0.25) is 0 Å². The molecule has 2 aliphatic rings. The molecule has 4 heterocycles. The highest BCUT2D eigenvalue weighted by molar-refractivity contribution is 7.21.